The van der Waals surface area contributed by atoms with Gasteiger partial charge in [0.15, 0.2) is 0 Å². The van der Waals surface area contributed by atoms with E-state index in [1.807, 2.05) is 6.07 Å². The van der Waals surface area contributed by atoms with Crippen LogP contribution in [-0.4, -0.2) is 53.0 Å². The predicted octanol–water partition coefficient (Wildman–Crippen LogP) is 2.16. The molecule has 2 aliphatic rings. The zero-order chi connectivity index (χ0) is 17.8. The number of anilines is 1. The van der Waals surface area contributed by atoms with Gasteiger partial charge < -0.3 is 19.7 Å². The van der Waals surface area contributed by atoms with Crippen molar-refractivity contribution < 1.29 is 18.7 Å². The fourth-order valence-electron chi connectivity index (χ4n) is 4.11. The molecule has 138 valence electrons. The van der Waals surface area contributed by atoms with Crippen LogP contribution in [0.3, 0.4) is 0 Å². The molecular weight excluding hydrogens is 323 g/mol. The van der Waals surface area contributed by atoms with Crippen LogP contribution in [0.2, 0.25) is 0 Å². The number of rotatable bonds is 5. The second-order valence-electron chi connectivity index (χ2n) is 6.97. The van der Waals surface area contributed by atoms with Gasteiger partial charge in [0.05, 0.1) is 19.6 Å². The number of hydrogen-bond acceptors (Lipinski definition) is 5. The Morgan fingerprint density at radius 2 is 2.04 bits per heavy atom. The maximum absolute atomic E-state index is 14.0. The number of halogens is 1. The standard InChI is InChI=1S/C19H27FN2O3/c1-24-12-14-10-21-11-17(14)16-4-3-15(20)9-18(16)22-7-5-13(6-8-22)19(23)25-2/h3-4,9,13-14,17,21H,5-8,10-12H2,1-2H3/t14-,17+/m1/s1. The average molecular weight is 350 g/mol. The molecule has 1 aromatic carbocycles. The number of esters is 1. The first-order chi connectivity index (χ1) is 12.1. The molecule has 2 fully saturated rings. The Balaban J connectivity index is 1.80. The molecule has 25 heavy (non-hydrogen) atoms. The topological polar surface area (TPSA) is 50.8 Å². The van der Waals surface area contributed by atoms with Crippen LogP contribution in [-0.2, 0) is 14.3 Å². The van der Waals surface area contributed by atoms with Crippen molar-refractivity contribution in [1.82, 2.24) is 5.32 Å². The summed E-state index contributed by atoms with van der Waals surface area (Å²) in [5.41, 5.74) is 2.13. The van der Waals surface area contributed by atoms with Gasteiger partial charge in [0, 0.05) is 50.8 Å². The molecule has 3 rings (SSSR count). The van der Waals surface area contributed by atoms with Gasteiger partial charge in [-0.05, 0) is 30.5 Å². The van der Waals surface area contributed by atoms with Gasteiger partial charge in [0.2, 0.25) is 0 Å². The Morgan fingerprint density at radius 3 is 2.72 bits per heavy atom. The highest BCUT2D eigenvalue weighted by Gasteiger charge is 2.33. The van der Waals surface area contributed by atoms with Gasteiger partial charge in [0.25, 0.3) is 0 Å². The minimum absolute atomic E-state index is 0.0485. The normalized spacial score (nSPS) is 24.5. The highest BCUT2D eigenvalue weighted by Crippen LogP contribution is 2.37. The van der Waals surface area contributed by atoms with Crippen LogP contribution < -0.4 is 10.2 Å². The lowest BCUT2D eigenvalue weighted by Crippen LogP contribution is -2.37. The lowest BCUT2D eigenvalue weighted by Gasteiger charge is -2.35. The van der Waals surface area contributed by atoms with Crippen LogP contribution in [0.1, 0.15) is 24.3 Å². The Hall–Kier alpha value is -1.66. The third-order valence-electron chi connectivity index (χ3n) is 5.48. The van der Waals surface area contributed by atoms with Gasteiger partial charge in [-0.2, -0.15) is 0 Å². The summed E-state index contributed by atoms with van der Waals surface area (Å²) in [6, 6.07) is 5.09. The number of nitrogens with one attached hydrogen (secondary N) is 1. The number of ether oxygens (including phenoxy) is 2. The maximum atomic E-state index is 14.0. The van der Waals surface area contributed by atoms with Crippen LogP contribution in [0.25, 0.3) is 0 Å². The number of methoxy groups -OCH3 is 2. The molecule has 0 spiro atoms. The van der Waals surface area contributed by atoms with E-state index in [9.17, 15) is 9.18 Å². The maximum Gasteiger partial charge on any atom is 0.308 e. The Kier molecular flexibility index (Phi) is 5.91. The summed E-state index contributed by atoms with van der Waals surface area (Å²) in [5.74, 6) is 0.297. The van der Waals surface area contributed by atoms with Crippen molar-refractivity contribution in [2.75, 3.05) is 51.9 Å². The lowest BCUT2D eigenvalue weighted by atomic mass is 9.87. The third-order valence-corrected chi connectivity index (χ3v) is 5.48. The summed E-state index contributed by atoms with van der Waals surface area (Å²) in [5, 5.41) is 3.43. The molecule has 0 aliphatic carbocycles. The van der Waals surface area contributed by atoms with Gasteiger partial charge in [-0.15, -0.1) is 0 Å². The van der Waals surface area contributed by atoms with Crippen LogP contribution in [0, 0.1) is 17.7 Å². The molecule has 0 amide bonds. The van der Waals surface area contributed by atoms with Crippen molar-refractivity contribution in [3.05, 3.63) is 29.6 Å². The zero-order valence-corrected chi connectivity index (χ0v) is 15.0. The second-order valence-corrected chi connectivity index (χ2v) is 6.97. The molecule has 2 aliphatic heterocycles. The summed E-state index contributed by atoms with van der Waals surface area (Å²) in [7, 11) is 3.15. The van der Waals surface area contributed by atoms with Crippen LogP contribution >= 0.6 is 0 Å². The SMILES string of the molecule is COC[C@H]1CNC[C@@H]1c1ccc(F)cc1N1CCC(C(=O)OC)CC1. The summed E-state index contributed by atoms with van der Waals surface area (Å²) in [4.78, 5) is 13.9. The van der Waals surface area contributed by atoms with Crippen molar-refractivity contribution in [3.8, 4) is 0 Å². The van der Waals surface area contributed by atoms with E-state index < -0.39 is 0 Å². The summed E-state index contributed by atoms with van der Waals surface area (Å²) >= 11 is 0. The van der Waals surface area contributed by atoms with Gasteiger partial charge in [-0.25, -0.2) is 4.39 Å². The molecule has 0 aromatic heterocycles. The monoisotopic (exact) mass is 350 g/mol. The predicted molar refractivity (Wildman–Crippen MR) is 94.3 cm³/mol. The van der Waals surface area contributed by atoms with E-state index in [2.05, 4.69) is 10.2 Å². The van der Waals surface area contributed by atoms with Crippen molar-refractivity contribution in [2.45, 2.75) is 18.8 Å². The van der Waals surface area contributed by atoms with E-state index in [0.717, 1.165) is 44.7 Å². The van der Waals surface area contributed by atoms with Crippen molar-refractivity contribution >= 4 is 11.7 Å². The van der Waals surface area contributed by atoms with E-state index in [-0.39, 0.29) is 17.7 Å². The van der Waals surface area contributed by atoms with E-state index in [1.165, 1.54) is 12.7 Å². The molecule has 5 nitrogen and oxygen atoms in total. The van der Waals surface area contributed by atoms with Crippen LogP contribution in [0.4, 0.5) is 10.1 Å². The Labute approximate surface area is 148 Å². The summed E-state index contributed by atoms with van der Waals surface area (Å²) in [6.45, 7) is 3.97. The number of hydrogen-bond donors (Lipinski definition) is 1. The van der Waals surface area contributed by atoms with Crippen molar-refractivity contribution in [1.29, 1.82) is 0 Å². The second kappa shape index (κ2) is 8.15. The fraction of sp³-hybridized carbons (Fsp3) is 0.632. The number of nitrogens with zero attached hydrogens (tertiary/aromatic N) is 1. The average Bonchev–Trinajstić information content (AvgIpc) is 3.09. The highest BCUT2D eigenvalue weighted by molar-refractivity contribution is 5.72. The molecule has 1 aromatic rings. The Bertz CT molecular complexity index is 602. The first-order valence-corrected chi connectivity index (χ1v) is 8.96. The summed E-state index contributed by atoms with van der Waals surface area (Å²) in [6.07, 6.45) is 1.49. The molecule has 2 heterocycles. The number of carbonyl (C=O) groups excluding carboxylic acids is 1. The third kappa shape index (κ3) is 3.96. The smallest absolute Gasteiger partial charge is 0.308 e. The first kappa shape index (κ1) is 18.1. The molecule has 1 N–H and O–H groups in total. The molecule has 6 heteroatoms. The minimum Gasteiger partial charge on any atom is -0.469 e. The van der Waals surface area contributed by atoms with Gasteiger partial charge in [-0.3, -0.25) is 4.79 Å². The van der Waals surface area contributed by atoms with E-state index >= 15 is 0 Å². The molecule has 2 saturated heterocycles. The molecular formula is C19H27FN2O3. The number of carbonyl (C=O) groups is 1. The van der Waals surface area contributed by atoms with Gasteiger partial charge >= 0.3 is 5.97 Å². The Morgan fingerprint density at radius 1 is 1.28 bits per heavy atom. The number of piperidine rings is 1. The van der Waals surface area contributed by atoms with Gasteiger partial charge in [0.1, 0.15) is 5.82 Å². The van der Waals surface area contributed by atoms with Gasteiger partial charge in [-0.1, -0.05) is 6.07 Å². The highest BCUT2D eigenvalue weighted by atomic mass is 19.1. The largest absolute Gasteiger partial charge is 0.469 e. The molecule has 0 saturated carbocycles. The zero-order valence-electron chi connectivity index (χ0n) is 15.0. The molecule has 0 unspecified atom stereocenters. The van der Waals surface area contributed by atoms with E-state index in [1.54, 1.807) is 19.2 Å². The summed E-state index contributed by atoms with van der Waals surface area (Å²) < 4.78 is 24.2. The van der Waals surface area contributed by atoms with Crippen molar-refractivity contribution in [2.24, 2.45) is 11.8 Å². The van der Waals surface area contributed by atoms with Crippen LogP contribution in [0.15, 0.2) is 18.2 Å². The lowest BCUT2D eigenvalue weighted by molar-refractivity contribution is -0.146. The van der Waals surface area contributed by atoms with E-state index in [4.69, 9.17) is 9.47 Å². The molecule has 0 radical (unpaired) electrons. The first-order valence-electron chi connectivity index (χ1n) is 8.96. The number of benzene rings is 1. The van der Waals surface area contributed by atoms with Crippen molar-refractivity contribution in [3.63, 3.8) is 0 Å². The minimum atomic E-state index is -0.219. The molecule has 0 bridgehead atoms. The quantitative estimate of drug-likeness (QED) is 0.825. The molecule has 2 atom stereocenters. The fourth-order valence-corrected chi connectivity index (χ4v) is 4.11. The van der Waals surface area contributed by atoms with E-state index in [0.29, 0.717) is 18.4 Å². The van der Waals surface area contributed by atoms with Crippen LogP contribution in [0.5, 0.6) is 0 Å².